The molecule has 0 amide bonds. The third-order valence-corrected chi connectivity index (χ3v) is 14.0. The van der Waals surface area contributed by atoms with E-state index in [4.69, 9.17) is 15.0 Å². The van der Waals surface area contributed by atoms with Gasteiger partial charge in [0.25, 0.3) is 0 Å². The maximum absolute atomic E-state index is 5.09. The molecule has 0 unspecified atom stereocenters. The number of aryl methyl sites for hydroxylation is 8. The van der Waals surface area contributed by atoms with E-state index in [-0.39, 0.29) is 5.41 Å². The van der Waals surface area contributed by atoms with Gasteiger partial charge in [-0.25, -0.2) is 15.0 Å². The predicted octanol–water partition coefficient (Wildman–Crippen LogP) is 17.8. The smallest absolute Gasteiger partial charge is 0.164 e. The van der Waals surface area contributed by atoms with Gasteiger partial charge in [0.05, 0.1) is 0 Å². The number of unbranched alkanes of at least 4 members (excludes halogenated alkanes) is 8. The molecule has 68 heavy (non-hydrogen) atoms. The summed E-state index contributed by atoms with van der Waals surface area (Å²) in [5.74, 6) is 2.11. The van der Waals surface area contributed by atoms with E-state index in [2.05, 4.69) is 182 Å². The van der Waals surface area contributed by atoms with E-state index in [9.17, 15) is 0 Å². The van der Waals surface area contributed by atoms with Gasteiger partial charge in [0.15, 0.2) is 17.5 Å². The van der Waals surface area contributed by atoms with Crippen LogP contribution in [0.5, 0.6) is 0 Å². The van der Waals surface area contributed by atoms with Crippen LogP contribution in [0, 0.1) is 13.8 Å². The molecule has 0 saturated carbocycles. The number of nitrogens with zero attached hydrogens (tertiary/aromatic N) is 3. The van der Waals surface area contributed by atoms with E-state index in [0.29, 0.717) is 17.5 Å². The predicted molar refractivity (Wildman–Crippen MR) is 292 cm³/mol. The Morgan fingerprint density at radius 2 is 0.706 bits per heavy atom. The van der Waals surface area contributed by atoms with Crippen molar-refractivity contribution in [3.63, 3.8) is 0 Å². The topological polar surface area (TPSA) is 38.7 Å². The summed E-state index contributed by atoms with van der Waals surface area (Å²) < 4.78 is 0. The summed E-state index contributed by atoms with van der Waals surface area (Å²) in [5, 5.41) is 0. The van der Waals surface area contributed by atoms with Gasteiger partial charge in [-0.2, -0.15) is 0 Å². The highest BCUT2D eigenvalue weighted by atomic mass is 15.0. The highest BCUT2D eigenvalue weighted by molar-refractivity contribution is 5.70. The summed E-state index contributed by atoms with van der Waals surface area (Å²) >= 11 is 0. The minimum atomic E-state index is 0.0706. The zero-order valence-corrected chi connectivity index (χ0v) is 42.8. The van der Waals surface area contributed by atoms with E-state index in [1.54, 1.807) is 0 Å². The molecule has 0 saturated heterocycles. The zero-order chi connectivity index (χ0) is 47.7. The summed E-state index contributed by atoms with van der Waals surface area (Å²) in [4.78, 5) is 15.2. The van der Waals surface area contributed by atoms with Crippen LogP contribution in [-0.2, 0) is 43.9 Å². The quantitative estimate of drug-likeness (QED) is 0.0567. The first-order valence-corrected chi connectivity index (χ1v) is 26.4. The fraction of sp³-hybridized carbons (Fsp3) is 0.400. The Morgan fingerprint density at radius 3 is 1.10 bits per heavy atom. The summed E-state index contributed by atoms with van der Waals surface area (Å²) in [7, 11) is 0. The lowest BCUT2D eigenvalue weighted by Gasteiger charge is -2.19. The normalized spacial score (nSPS) is 11.6. The molecule has 354 valence electrons. The van der Waals surface area contributed by atoms with E-state index in [0.717, 1.165) is 61.6 Å². The molecule has 0 radical (unpaired) electrons. The number of hydrogen-bond acceptors (Lipinski definition) is 3. The van der Waals surface area contributed by atoms with E-state index in [1.165, 1.54) is 132 Å². The number of benzene rings is 6. The minimum Gasteiger partial charge on any atom is -0.208 e. The molecule has 0 aliphatic rings. The van der Waals surface area contributed by atoms with E-state index >= 15 is 0 Å². The molecular weight excluding hydrogens is 823 g/mol. The average molecular weight is 902 g/mol. The van der Waals surface area contributed by atoms with Gasteiger partial charge in [-0.3, -0.25) is 0 Å². The van der Waals surface area contributed by atoms with Crippen LogP contribution in [0.2, 0.25) is 0 Å². The van der Waals surface area contributed by atoms with Gasteiger partial charge in [0.1, 0.15) is 0 Å². The van der Waals surface area contributed by atoms with Gasteiger partial charge >= 0.3 is 0 Å². The number of rotatable bonds is 24. The van der Waals surface area contributed by atoms with Gasteiger partial charge < -0.3 is 0 Å². The van der Waals surface area contributed by atoms with Crippen molar-refractivity contribution < 1.29 is 0 Å². The van der Waals surface area contributed by atoms with Crippen molar-refractivity contribution in [2.24, 2.45) is 0 Å². The number of hydrogen-bond donors (Lipinski definition) is 0. The molecule has 0 spiro atoms. The molecule has 0 aliphatic carbocycles. The second-order valence-corrected chi connectivity index (χ2v) is 20.7. The van der Waals surface area contributed by atoms with Gasteiger partial charge in [0, 0.05) is 16.7 Å². The van der Waals surface area contributed by atoms with Crippen LogP contribution in [0.4, 0.5) is 0 Å². The van der Waals surface area contributed by atoms with Crippen molar-refractivity contribution in [1.82, 2.24) is 15.0 Å². The lowest BCUT2D eigenvalue weighted by Crippen LogP contribution is -2.10. The first-order chi connectivity index (χ1) is 33.1. The number of aromatic nitrogens is 3. The average Bonchev–Trinajstić information content (AvgIpc) is 3.35. The second kappa shape index (κ2) is 25.1. The molecule has 0 aliphatic heterocycles. The Morgan fingerprint density at radius 1 is 0.353 bits per heavy atom. The fourth-order valence-electron chi connectivity index (χ4n) is 9.49. The Balaban J connectivity index is 0.989. The van der Waals surface area contributed by atoms with Gasteiger partial charge in [-0.05, 0) is 152 Å². The first kappa shape index (κ1) is 50.2. The first-order valence-electron chi connectivity index (χ1n) is 26.4. The van der Waals surface area contributed by atoms with Crippen molar-refractivity contribution in [2.45, 2.75) is 169 Å². The van der Waals surface area contributed by atoms with Gasteiger partial charge in [-0.15, -0.1) is 0 Å². The molecule has 1 aromatic heterocycles. The summed E-state index contributed by atoms with van der Waals surface area (Å²) in [5.41, 5.74) is 18.6. The highest BCUT2D eigenvalue weighted by Crippen LogP contribution is 2.32. The molecule has 6 aromatic carbocycles. The van der Waals surface area contributed by atoms with E-state index in [1.807, 2.05) is 0 Å². The van der Waals surface area contributed by atoms with Crippen molar-refractivity contribution in [2.75, 3.05) is 0 Å². The van der Waals surface area contributed by atoms with Crippen molar-refractivity contribution in [3.05, 3.63) is 184 Å². The molecule has 0 atom stereocenters. The molecule has 3 heteroatoms. The minimum absolute atomic E-state index is 0.0706. The SMILES string of the molecule is CCCCCCc1cc(-c2ccc(CCCCc3ccc(-c4nc(-c5ccc(CCCCc6ccc(C)cc6)cc5)nc(-c5ccc(C(C)(C)C)cc5)n4)cc3)cc2)c(CCCCCC)cc1C. The lowest BCUT2D eigenvalue weighted by molar-refractivity contribution is 0.590. The van der Waals surface area contributed by atoms with Crippen LogP contribution >= 0.6 is 0 Å². The highest BCUT2D eigenvalue weighted by Gasteiger charge is 2.17. The summed E-state index contributed by atoms with van der Waals surface area (Å²) in [6, 6.07) is 50.0. The Labute approximate surface area is 411 Å². The maximum atomic E-state index is 5.09. The van der Waals surface area contributed by atoms with Crippen LogP contribution in [0.25, 0.3) is 45.3 Å². The van der Waals surface area contributed by atoms with Crippen molar-refractivity contribution >= 4 is 0 Å². The summed E-state index contributed by atoms with van der Waals surface area (Å²) in [6.45, 7) is 15.8. The van der Waals surface area contributed by atoms with Crippen LogP contribution in [0.15, 0.2) is 133 Å². The molecule has 7 rings (SSSR count). The Kier molecular flexibility index (Phi) is 18.5. The fourth-order valence-corrected chi connectivity index (χ4v) is 9.49. The zero-order valence-electron chi connectivity index (χ0n) is 42.8. The second-order valence-electron chi connectivity index (χ2n) is 20.7. The molecule has 0 bridgehead atoms. The molecule has 7 aromatic rings. The largest absolute Gasteiger partial charge is 0.208 e. The van der Waals surface area contributed by atoms with Crippen LogP contribution in [0.3, 0.4) is 0 Å². The Hall–Kier alpha value is -5.67. The van der Waals surface area contributed by atoms with Crippen molar-refractivity contribution in [1.29, 1.82) is 0 Å². The van der Waals surface area contributed by atoms with Crippen LogP contribution < -0.4 is 0 Å². The summed E-state index contributed by atoms with van der Waals surface area (Å²) in [6.07, 6.45) is 21.8. The maximum Gasteiger partial charge on any atom is 0.164 e. The molecule has 0 fully saturated rings. The van der Waals surface area contributed by atoms with Crippen molar-refractivity contribution in [3.8, 4) is 45.3 Å². The van der Waals surface area contributed by atoms with E-state index < -0.39 is 0 Å². The van der Waals surface area contributed by atoms with Crippen LogP contribution in [-0.4, -0.2) is 15.0 Å². The monoisotopic (exact) mass is 902 g/mol. The van der Waals surface area contributed by atoms with Gasteiger partial charge in [0.2, 0.25) is 0 Å². The molecule has 3 nitrogen and oxygen atoms in total. The third kappa shape index (κ3) is 14.7. The standard InChI is InChI=1S/C65H79N3/c1-8-10-12-14-24-58-47-61(59(46-49(58)4)25-15-13-11-9-2)54-36-30-51(31-37-54)21-18-19-23-53-34-40-56(41-35-53)63-66-62(67-64(68-63)57-42-44-60(45-43-57)65(5,6)7)55-38-32-52(33-39-55)22-17-16-20-50-28-26-48(3)27-29-50/h26-47H,8-25H2,1-7H3. The lowest BCUT2D eigenvalue weighted by atomic mass is 9.87. The van der Waals surface area contributed by atoms with Gasteiger partial charge in [-0.1, -0.05) is 212 Å². The molecular formula is C65H79N3. The van der Waals surface area contributed by atoms with Crippen LogP contribution in [0.1, 0.15) is 162 Å². The molecule has 0 N–H and O–H groups in total. The Bertz CT molecular complexity index is 2590. The third-order valence-electron chi connectivity index (χ3n) is 14.0. The molecule has 1 heterocycles.